The Balaban J connectivity index is 1.83. The average Bonchev–Trinajstić information content (AvgIpc) is 2.80. The van der Waals surface area contributed by atoms with Gasteiger partial charge in [0.15, 0.2) is 6.61 Å². The topological polar surface area (TPSA) is 46.5 Å². The predicted molar refractivity (Wildman–Crippen MR) is 120 cm³/mol. The number of ether oxygens (including phenoxy) is 1. The Hall–Kier alpha value is -3.40. The Morgan fingerprint density at radius 2 is 1.23 bits per heavy atom. The van der Waals surface area contributed by atoms with Crippen LogP contribution in [0.2, 0.25) is 0 Å². The second-order valence-electron chi connectivity index (χ2n) is 7.23. The number of aliphatic carboxylic acids is 1. The lowest BCUT2D eigenvalue weighted by molar-refractivity contribution is -0.139. The van der Waals surface area contributed by atoms with Crippen molar-refractivity contribution in [1.82, 2.24) is 0 Å². The summed E-state index contributed by atoms with van der Waals surface area (Å²) in [4.78, 5) is 11.4. The molecule has 3 aromatic carbocycles. The molecule has 184 valence electrons. The van der Waals surface area contributed by atoms with Gasteiger partial charge in [-0.1, -0.05) is 30.3 Å². The maximum Gasteiger partial charge on any atom is 0.416 e. The number of alkyl halides is 6. The van der Waals surface area contributed by atoms with Crippen LogP contribution in [0.4, 0.5) is 26.3 Å². The van der Waals surface area contributed by atoms with Gasteiger partial charge in [0.25, 0.3) is 0 Å². The number of hydrogen-bond donors (Lipinski definition) is 1. The number of hydrogen-bond acceptors (Lipinski definition) is 3. The average molecular weight is 512 g/mol. The van der Waals surface area contributed by atoms with Crippen molar-refractivity contribution < 1.29 is 41.0 Å². The van der Waals surface area contributed by atoms with E-state index >= 15 is 0 Å². The SMILES string of the molecule is O=C(O)COc1ccc(SCC=C(c2ccc(C(F)(F)F)cc2)c2ccc(C(F)(F)F)cc2)cc1. The van der Waals surface area contributed by atoms with Gasteiger partial charge in [0, 0.05) is 10.6 Å². The smallest absolute Gasteiger partial charge is 0.416 e. The molecule has 0 aliphatic rings. The van der Waals surface area contributed by atoms with Crippen LogP contribution in [-0.2, 0) is 17.1 Å². The zero-order chi connectivity index (χ0) is 25.6. The molecule has 0 saturated carbocycles. The van der Waals surface area contributed by atoms with E-state index < -0.39 is 36.1 Å². The minimum Gasteiger partial charge on any atom is -0.482 e. The van der Waals surface area contributed by atoms with E-state index in [2.05, 4.69) is 0 Å². The molecule has 0 fully saturated rings. The van der Waals surface area contributed by atoms with Crippen molar-refractivity contribution in [2.24, 2.45) is 0 Å². The van der Waals surface area contributed by atoms with E-state index in [1.54, 1.807) is 30.3 Å². The summed E-state index contributed by atoms with van der Waals surface area (Å²) in [5.41, 5.74) is -0.312. The van der Waals surface area contributed by atoms with Crippen molar-refractivity contribution in [1.29, 1.82) is 0 Å². The first-order valence-electron chi connectivity index (χ1n) is 10.1. The molecule has 1 N–H and O–H groups in total. The van der Waals surface area contributed by atoms with Gasteiger partial charge in [0.1, 0.15) is 5.75 Å². The summed E-state index contributed by atoms with van der Waals surface area (Å²) in [7, 11) is 0. The summed E-state index contributed by atoms with van der Waals surface area (Å²) >= 11 is 1.38. The molecule has 10 heteroatoms. The third-order valence-corrected chi connectivity index (χ3v) is 5.71. The van der Waals surface area contributed by atoms with Gasteiger partial charge in [-0.15, -0.1) is 11.8 Å². The fourth-order valence-electron chi connectivity index (χ4n) is 3.08. The highest BCUT2D eigenvalue weighted by Gasteiger charge is 2.31. The summed E-state index contributed by atoms with van der Waals surface area (Å²) in [6.45, 7) is -0.473. The minimum atomic E-state index is -4.51. The zero-order valence-electron chi connectivity index (χ0n) is 17.9. The molecule has 0 unspecified atom stereocenters. The Morgan fingerprint density at radius 3 is 1.63 bits per heavy atom. The van der Waals surface area contributed by atoms with E-state index in [9.17, 15) is 31.1 Å². The van der Waals surface area contributed by atoms with Crippen LogP contribution in [0.25, 0.3) is 5.57 Å². The molecule has 0 bridgehead atoms. The largest absolute Gasteiger partial charge is 0.482 e. The molecular weight excluding hydrogens is 494 g/mol. The van der Waals surface area contributed by atoms with Crippen LogP contribution >= 0.6 is 11.8 Å². The molecule has 35 heavy (non-hydrogen) atoms. The van der Waals surface area contributed by atoms with Crippen molar-refractivity contribution >= 4 is 23.3 Å². The molecule has 0 aromatic heterocycles. The standard InChI is InChI=1S/C25H18F6O3S/c26-24(27,28)18-5-1-16(2-6-18)22(17-3-7-19(8-4-17)25(29,30)31)13-14-35-21-11-9-20(10-12-21)34-15-23(32)33/h1-13H,14-15H2,(H,32,33). The fraction of sp³-hybridized carbons (Fsp3) is 0.160. The third kappa shape index (κ3) is 7.54. The van der Waals surface area contributed by atoms with Gasteiger partial charge >= 0.3 is 18.3 Å². The lowest BCUT2D eigenvalue weighted by atomic mass is 9.96. The van der Waals surface area contributed by atoms with Crippen LogP contribution in [0.15, 0.2) is 83.8 Å². The number of rotatable bonds is 8. The highest BCUT2D eigenvalue weighted by molar-refractivity contribution is 7.99. The van der Waals surface area contributed by atoms with Crippen LogP contribution in [0.5, 0.6) is 5.75 Å². The number of thioether (sulfide) groups is 1. The Morgan fingerprint density at radius 1 is 0.771 bits per heavy atom. The first kappa shape index (κ1) is 26.2. The molecule has 3 aromatic rings. The fourth-order valence-corrected chi connectivity index (χ4v) is 3.85. The molecular formula is C25H18F6O3S. The van der Waals surface area contributed by atoms with E-state index in [0.29, 0.717) is 28.2 Å². The number of benzene rings is 3. The van der Waals surface area contributed by atoms with Gasteiger partial charge < -0.3 is 9.84 Å². The van der Waals surface area contributed by atoms with Gasteiger partial charge in [-0.3, -0.25) is 0 Å². The minimum absolute atomic E-state index is 0.368. The first-order valence-corrected chi connectivity index (χ1v) is 11.0. The highest BCUT2D eigenvalue weighted by atomic mass is 32.2. The summed E-state index contributed by atoms with van der Waals surface area (Å²) in [6, 6.07) is 15.5. The van der Waals surface area contributed by atoms with Crippen molar-refractivity contribution in [2.45, 2.75) is 17.2 Å². The summed E-state index contributed by atoms with van der Waals surface area (Å²) in [5.74, 6) is -0.359. The number of halogens is 6. The number of carbonyl (C=O) groups is 1. The molecule has 3 nitrogen and oxygen atoms in total. The molecule has 0 aliphatic carbocycles. The Kier molecular flexibility index (Phi) is 8.16. The summed E-state index contributed by atoms with van der Waals surface area (Å²) in [6.07, 6.45) is -7.29. The summed E-state index contributed by atoms with van der Waals surface area (Å²) < 4.78 is 82.7. The Labute approximate surface area is 201 Å². The van der Waals surface area contributed by atoms with Crippen LogP contribution in [0.1, 0.15) is 22.3 Å². The molecule has 0 radical (unpaired) electrons. The Bertz CT molecular complexity index is 1110. The van der Waals surface area contributed by atoms with E-state index in [4.69, 9.17) is 9.84 Å². The van der Waals surface area contributed by atoms with Gasteiger partial charge in [0.2, 0.25) is 0 Å². The second-order valence-corrected chi connectivity index (χ2v) is 8.33. The monoisotopic (exact) mass is 512 g/mol. The van der Waals surface area contributed by atoms with Gasteiger partial charge in [-0.05, 0) is 65.2 Å². The predicted octanol–water partition coefficient (Wildman–Crippen LogP) is 7.41. The van der Waals surface area contributed by atoms with Crippen LogP contribution in [0, 0.1) is 0 Å². The lowest BCUT2D eigenvalue weighted by Crippen LogP contribution is -2.09. The van der Waals surface area contributed by atoms with Crippen molar-refractivity contribution in [3.63, 3.8) is 0 Å². The molecule has 0 spiro atoms. The van der Waals surface area contributed by atoms with Gasteiger partial charge in [-0.2, -0.15) is 26.3 Å². The maximum atomic E-state index is 12.9. The highest BCUT2D eigenvalue weighted by Crippen LogP contribution is 2.34. The van der Waals surface area contributed by atoms with E-state index in [1.807, 2.05) is 0 Å². The van der Waals surface area contributed by atoms with Gasteiger partial charge in [-0.25, -0.2) is 4.79 Å². The lowest BCUT2D eigenvalue weighted by Gasteiger charge is -2.13. The van der Waals surface area contributed by atoms with Crippen molar-refractivity contribution in [3.05, 3.63) is 101 Å². The quantitative estimate of drug-likeness (QED) is 0.252. The normalized spacial score (nSPS) is 11.7. The molecule has 0 amide bonds. The number of carboxylic acid groups (broad SMARTS) is 1. The van der Waals surface area contributed by atoms with Gasteiger partial charge in [0.05, 0.1) is 11.1 Å². The first-order chi connectivity index (χ1) is 16.4. The molecule has 3 rings (SSSR count). The van der Waals surface area contributed by atoms with E-state index in [-0.39, 0.29) is 0 Å². The van der Waals surface area contributed by atoms with Crippen molar-refractivity contribution in [2.75, 3.05) is 12.4 Å². The maximum absolute atomic E-state index is 12.9. The molecule has 0 saturated heterocycles. The van der Waals surface area contributed by atoms with E-state index in [0.717, 1.165) is 29.2 Å². The third-order valence-electron chi connectivity index (χ3n) is 4.77. The van der Waals surface area contributed by atoms with Crippen LogP contribution in [-0.4, -0.2) is 23.4 Å². The molecule has 0 aliphatic heterocycles. The molecule has 0 atom stereocenters. The zero-order valence-corrected chi connectivity index (χ0v) is 18.7. The summed E-state index contributed by atoms with van der Waals surface area (Å²) in [5, 5.41) is 8.65. The van der Waals surface area contributed by atoms with Crippen LogP contribution in [0.3, 0.4) is 0 Å². The van der Waals surface area contributed by atoms with Crippen LogP contribution < -0.4 is 4.74 Å². The molecule has 0 heterocycles. The second kappa shape index (κ2) is 10.9. The number of carboxylic acids is 1. The van der Waals surface area contributed by atoms with E-state index in [1.165, 1.54) is 36.0 Å². The van der Waals surface area contributed by atoms with Crippen molar-refractivity contribution in [3.8, 4) is 5.75 Å².